The maximum Gasteiger partial charge on any atom is 0.310 e. The molecule has 0 saturated heterocycles. The van der Waals surface area contributed by atoms with E-state index in [9.17, 15) is 0 Å². The molecule has 56 valence electrons. The first-order valence-electron chi connectivity index (χ1n) is 3.37. The number of anilines is 1. The molecule has 2 aromatic heterocycles. The molecule has 0 fully saturated rings. The van der Waals surface area contributed by atoms with Crippen LogP contribution in [0.5, 0.6) is 0 Å². The largest absolute Gasteiger partial charge is 0.364 e. The minimum absolute atomic E-state index is 0.656. The Balaban J connectivity index is 2.96. The molecule has 2 rings (SSSR count). The normalized spacial score (nSPS) is 10.6. The first kappa shape index (κ1) is 6.15. The highest BCUT2D eigenvalue weighted by Gasteiger charge is 2.07. The molecule has 0 saturated carbocycles. The number of rotatable bonds is 0. The van der Waals surface area contributed by atoms with Crippen molar-refractivity contribution in [3.63, 3.8) is 0 Å². The van der Waals surface area contributed by atoms with Crippen molar-refractivity contribution in [1.82, 2.24) is 9.61 Å². The Labute approximate surface area is 63.9 Å². The van der Waals surface area contributed by atoms with Gasteiger partial charge in [0.15, 0.2) is 0 Å². The van der Waals surface area contributed by atoms with Crippen LogP contribution in [0.15, 0.2) is 24.5 Å². The third-order valence-electron chi connectivity index (χ3n) is 1.70. The van der Waals surface area contributed by atoms with E-state index in [2.05, 4.69) is 5.10 Å². The molecule has 2 N–H and O–H groups in total. The average molecular weight is 149 g/mol. The molecule has 0 aliphatic heterocycles. The zero-order valence-corrected chi connectivity index (χ0v) is 6.23. The lowest BCUT2D eigenvalue weighted by Crippen LogP contribution is -2.30. The van der Waals surface area contributed by atoms with E-state index in [0.29, 0.717) is 5.82 Å². The SMILES string of the molecule is C[n+]1ccc(N)n2nccc21. The molecule has 2 heterocycles. The van der Waals surface area contributed by atoms with E-state index in [0.717, 1.165) is 5.65 Å². The van der Waals surface area contributed by atoms with Gasteiger partial charge in [-0.2, -0.15) is 0 Å². The lowest BCUT2D eigenvalue weighted by atomic mass is 10.5. The molecule has 2 aromatic rings. The average Bonchev–Trinajstić information content (AvgIpc) is 2.45. The summed E-state index contributed by atoms with van der Waals surface area (Å²) >= 11 is 0. The summed E-state index contributed by atoms with van der Waals surface area (Å²) in [5.74, 6) is 0.656. The van der Waals surface area contributed by atoms with E-state index in [-0.39, 0.29) is 0 Å². The quantitative estimate of drug-likeness (QED) is 0.525. The van der Waals surface area contributed by atoms with Crippen molar-refractivity contribution < 1.29 is 4.57 Å². The summed E-state index contributed by atoms with van der Waals surface area (Å²) in [7, 11) is 1.95. The van der Waals surface area contributed by atoms with Gasteiger partial charge in [0.1, 0.15) is 0 Å². The van der Waals surface area contributed by atoms with Gasteiger partial charge in [0.25, 0.3) is 0 Å². The number of nitrogen functional groups attached to an aromatic ring is 1. The standard InChI is InChI=1S/C7H8N4/c1-10-5-3-6(8)11-7(10)2-4-9-11/h2-5,8H,1H3/p+1. The second-order valence-electron chi connectivity index (χ2n) is 2.45. The van der Waals surface area contributed by atoms with Crippen LogP contribution in [-0.4, -0.2) is 9.61 Å². The molecule has 0 aliphatic rings. The third-order valence-corrected chi connectivity index (χ3v) is 1.70. The van der Waals surface area contributed by atoms with Crippen molar-refractivity contribution in [2.75, 3.05) is 5.73 Å². The Morgan fingerprint density at radius 2 is 2.36 bits per heavy atom. The van der Waals surface area contributed by atoms with Crippen LogP contribution in [-0.2, 0) is 7.05 Å². The van der Waals surface area contributed by atoms with Crippen LogP contribution in [0.2, 0.25) is 0 Å². The number of nitrogens with zero attached hydrogens (tertiary/aromatic N) is 3. The van der Waals surface area contributed by atoms with Gasteiger partial charge < -0.3 is 5.73 Å². The fourth-order valence-electron chi connectivity index (χ4n) is 1.10. The Morgan fingerprint density at radius 3 is 3.09 bits per heavy atom. The van der Waals surface area contributed by atoms with Crippen molar-refractivity contribution in [1.29, 1.82) is 0 Å². The molecule has 4 heteroatoms. The van der Waals surface area contributed by atoms with Gasteiger partial charge in [-0.25, -0.2) is 4.57 Å². The molecule has 0 atom stereocenters. The van der Waals surface area contributed by atoms with Gasteiger partial charge in [-0.3, -0.25) is 0 Å². The first-order chi connectivity index (χ1) is 5.29. The molecule has 0 aliphatic carbocycles. The van der Waals surface area contributed by atoms with Crippen molar-refractivity contribution in [2.24, 2.45) is 7.05 Å². The maximum absolute atomic E-state index is 5.66. The van der Waals surface area contributed by atoms with Gasteiger partial charge in [0, 0.05) is 6.07 Å². The van der Waals surface area contributed by atoms with Crippen LogP contribution < -0.4 is 10.3 Å². The second kappa shape index (κ2) is 1.95. The summed E-state index contributed by atoms with van der Waals surface area (Å²) in [6, 6.07) is 3.73. The highest BCUT2D eigenvalue weighted by Crippen LogP contribution is 2.00. The summed E-state index contributed by atoms with van der Waals surface area (Å²) in [6.45, 7) is 0. The van der Waals surface area contributed by atoms with Crippen LogP contribution in [0.3, 0.4) is 0 Å². The van der Waals surface area contributed by atoms with E-state index in [1.54, 1.807) is 10.7 Å². The molecule has 11 heavy (non-hydrogen) atoms. The zero-order chi connectivity index (χ0) is 7.84. The Bertz CT molecular complexity index is 354. The van der Waals surface area contributed by atoms with Crippen molar-refractivity contribution in [3.8, 4) is 0 Å². The Kier molecular flexibility index (Phi) is 1.09. The van der Waals surface area contributed by atoms with E-state index in [1.165, 1.54) is 0 Å². The number of aryl methyl sites for hydroxylation is 1. The highest BCUT2D eigenvalue weighted by atomic mass is 15.3. The van der Waals surface area contributed by atoms with E-state index >= 15 is 0 Å². The topological polar surface area (TPSA) is 47.2 Å². The van der Waals surface area contributed by atoms with Gasteiger partial charge in [-0.05, 0) is 0 Å². The maximum atomic E-state index is 5.66. The van der Waals surface area contributed by atoms with Crippen molar-refractivity contribution in [3.05, 3.63) is 24.5 Å². The van der Waals surface area contributed by atoms with Gasteiger partial charge >= 0.3 is 5.65 Å². The van der Waals surface area contributed by atoms with Crippen LogP contribution in [0, 0.1) is 0 Å². The molecule has 0 aromatic carbocycles. The lowest BCUT2D eigenvalue weighted by molar-refractivity contribution is -0.648. The minimum atomic E-state index is 0.656. The molecule has 0 spiro atoms. The smallest absolute Gasteiger partial charge is 0.310 e. The third kappa shape index (κ3) is 0.756. The minimum Gasteiger partial charge on any atom is -0.364 e. The van der Waals surface area contributed by atoms with Crippen LogP contribution in [0.4, 0.5) is 5.82 Å². The predicted octanol–water partition coefficient (Wildman–Crippen LogP) is -0.259. The summed E-state index contributed by atoms with van der Waals surface area (Å²) in [6.07, 6.45) is 3.64. The molecule has 0 bridgehead atoms. The van der Waals surface area contributed by atoms with E-state index < -0.39 is 0 Å². The predicted molar refractivity (Wildman–Crippen MR) is 40.8 cm³/mol. The number of aromatic nitrogens is 3. The van der Waals surface area contributed by atoms with Gasteiger partial charge in [-0.1, -0.05) is 9.61 Å². The molecule has 4 nitrogen and oxygen atoms in total. The summed E-state index contributed by atoms with van der Waals surface area (Å²) in [5.41, 5.74) is 6.65. The summed E-state index contributed by atoms with van der Waals surface area (Å²) in [5, 5.41) is 4.05. The van der Waals surface area contributed by atoms with Crippen LogP contribution in [0.1, 0.15) is 0 Å². The molecular weight excluding hydrogens is 140 g/mol. The fourth-order valence-corrected chi connectivity index (χ4v) is 1.10. The second-order valence-corrected chi connectivity index (χ2v) is 2.45. The zero-order valence-electron chi connectivity index (χ0n) is 6.23. The van der Waals surface area contributed by atoms with E-state index in [4.69, 9.17) is 5.73 Å². The summed E-state index contributed by atoms with van der Waals surface area (Å²) in [4.78, 5) is 0. The molecule has 0 amide bonds. The number of hydrogen-bond donors (Lipinski definition) is 1. The van der Waals surface area contributed by atoms with Crippen LogP contribution in [0.25, 0.3) is 5.65 Å². The van der Waals surface area contributed by atoms with Gasteiger partial charge in [-0.15, -0.1) is 0 Å². The Hall–Kier alpha value is -1.58. The number of nitrogens with two attached hydrogens (primary N) is 1. The van der Waals surface area contributed by atoms with Gasteiger partial charge in [0.05, 0.1) is 25.5 Å². The van der Waals surface area contributed by atoms with Crippen molar-refractivity contribution >= 4 is 11.5 Å². The van der Waals surface area contributed by atoms with Crippen LogP contribution >= 0.6 is 0 Å². The summed E-state index contributed by atoms with van der Waals surface area (Å²) < 4.78 is 3.66. The number of hydrogen-bond acceptors (Lipinski definition) is 2. The van der Waals surface area contributed by atoms with E-state index in [1.807, 2.05) is 29.9 Å². The molecular formula is C7H9N4+. The molecule has 0 unspecified atom stereocenters. The lowest BCUT2D eigenvalue weighted by Gasteiger charge is -1.93. The fraction of sp³-hybridized carbons (Fsp3) is 0.143. The first-order valence-corrected chi connectivity index (χ1v) is 3.37. The van der Waals surface area contributed by atoms with Gasteiger partial charge in [0.2, 0.25) is 5.82 Å². The van der Waals surface area contributed by atoms with Crippen molar-refractivity contribution in [2.45, 2.75) is 0 Å². The highest BCUT2D eigenvalue weighted by molar-refractivity contribution is 5.39. The number of fused-ring (bicyclic) bond motifs is 1. The monoisotopic (exact) mass is 149 g/mol. The molecule has 0 radical (unpaired) electrons. The Morgan fingerprint density at radius 1 is 1.55 bits per heavy atom.